The van der Waals surface area contributed by atoms with Gasteiger partial charge in [-0.3, -0.25) is 14.0 Å². The van der Waals surface area contributed by atoms with Crippen molar-refractivity contribution >= 4 is 35.1 Å². The second-order valence-corrected chi connectivity index (χ2v) is 8.09. The van der Waals surface area contributed by atoms with Gasteiger partial charge in [0, 0.05) is 32.4 Å². The molecule has 2 aliphatic rings. The summed E-state index contributed by atoms with van der Waals surface area (Å²) in [6.07, 6.45) is 5.03. The molecule has 0 aromatic carbocycles. The maximum Gasteiger partial charge on any atom is 0.309 e. The minimum absolute atomic E-state index is 0.0746. The Bertz CT molecular complexity index is 893. The van der Waals surface area contributed by atoms with Crippen molar-refractivity contribution in [1.29, 1.82) is 0 Å². The first kappa shape index (κ1) is 19.9. The zero-order valence-corrected chi connectivity index (χ0v) is 17.3. The Morgan fingerprint density at radius 3 is 2.72 bits per heavy atom. The molecule has 2 aromatic heterocycles. The Hall–Kier alpha value is -2.35. The van der Waals surface area contributed by atoms with Gasteiger partial charge < -0.3 is 14.5 Å². The zero-order valence-electron chi connectivity index (χ0n) is 16.6. The number of piperidine rings is 2. The van der Waals surface area contributed by atoms with Gasteiger partial charge in [0.1, 0.15) is 0 Å². The van der Waals surface area contributed by atoms with E-state index in [4.69, 9.17) is 16.3 Å². The number of amides is 1. The van der Waals surface area contributed by atoms with E-state index in [0.29, 0.717) is 49.8 Å². The summed E-state index contributed by atoms with van der Waals surface area (Å²) < 4.78 is 6.99. The van der Waals surface area contributed by atoms with Crippen molar-refractivity contribution in [3.8, 4) is 0 Å². The molecular formula is C20H26ClN5O3. The lowest BCUT2D eigenvalue weighted by Crippen LogP contribution is -2.48. The van der Waals surface area contributed by atoms with Crippen LogP contribution in [0.4, 0.5) is 5.95 Å². The first-order valence-corrected chi connectivity index (χ1v) is 10.7. The van der Waals surface area contributed by atoms with Gasteiger partial charge in [0.05, 0.1) is 23.5 Å². The van der Waals surface area contributed by atoms with E-state index >= 15 is 0 Å². The first-order valence-electron chi connectivity index (χ1n) is 10.3. The molecule has 1 atom stereocenters. The molecule has 0 spiro atoms. The molecule has 0 saturated carbocycles. The maximum atomic E-state index is 13.1. The normalized spacial score (nSPS) is 20.8. The first-order chi connectivity index (χ1) is 14.1. The van der Waals surface area contributed by atoms with Crippen LogP contribution < -0.4 is 4.90 Å². The average Bonchev–Trinajstić information content (AvgIpc) is 3.19. The largest absolute Gasteiger partial charge is 0.466 e. The SMILES string of the molecule is CCOC(=O)C1CCN(C(=O)[C@H]2CCCN(c3nnc4c(Cl)cccn34)C2)CC1. The third-order valence-corrected chi connectivity index (χ3v) is 6.14. The molecule has 0 unspecified atom stereocenters. The Morgan fingerprint density at radius 2 is 1.97 bits per heavy atom. The van der Waals surface area contributed by atoms with Gasteiger partial charge in [-0.2, -0.15) is 0 Å². The average molecular weight is 420 g/mol. The number of rotatable bonds is 4. The van der Waals surface area contributed by atoms with Gasteiger partial charge in [-0.05, 0) is 44.7 Å². The summed E-state index contributed by atoms with van der Waals surface area (Å²) in [5.74, 6) is 0.592. The standard InChI is InChI=1S/C20H26ClN5O3/c1-2-29-19(28)14-7-11-24(12-8-14)18(27)15-5-3-9-25(13-15)20-23-22-17-16(21)6-4-10-26(17)20/h4,6,10,14-15H,2-3,5,7-9,11-13H2,1H3/t15-/m0/s1. The molecule has 4 heterocycles. The van der Waals surface area contributed by atoms with Crippen molar-refractivity contribution in [2.45, 2.75) is 32.6 Å². The van der Waals surface area contributed by atoms with Gasteiger partial charge in [0.15, 0.2) is 5.65 Å². The van der Waals surface area contributed by atoms with Crippen LogP contribution in [0.15, 0.2) is 18.3 Å². The Balaban J connectivity index is 1.40. The Kier molecular flexibility index (Phi) is 5.89. The zero-order chi connectivity index (χ0) is 20.4. The molecule has 29 heavy (non-hydrogen) atoms. The number of hydrogen-bond acceptors (Lipinski definition) is 6. The maximum absolute atomic E-state index is 13.1. The number of esters is 1. The third kappa shape index (κ3) is 4.03. The summed E-state index contributed by atoms with van der Waals surface area (Å²) in [6, 6.07) is 3.65. The lowest BCUT2D eigenvalue weighted by molar-refractivity contribution is -0.151. The number of carbonyl (C=O) groups is 2. The highest BCUT2D eigenvalue weighted by molar-refractivity contribution is 6.33. The van der Waals surface area contributed by atoms with Crippen LogP contribution in [0, 0.1) is 11.8 Å². The Labute approximate surface area is 174 Å². The predicted molar refractivity (Wildman–Crippen MR) is 109 cm³/mol. The molecule has 2 aromatic rings. The van der Waals surface area contributed by atoms with E-state index in [2.05, 4.69) is 15.1 Å². The molecule has 156 valence electrons. The highest BCUT2D eigenvalue weighted by Gasteiger charge is 2.34. The summed E-state index contributed by atoms with van der Waals surface area (Å²) in [5.41, 5.74) is 0.624. The van der Waals surface area contributed by atoms with Crippen LogP contribution in [-0.4, -0.2) is 64.2 Å². The molecule has 8 nitrogen and oxygen atoms in total. The minimum atomic E-state index is -0.138. The molecule has 0 bridgehead atoms. The number of pyridine rings is 1. The van der Waals surface area contributed by atoms with Gasteiger partial charge in [-0.1, -0.05) is 11.6 Å². The number of ether oxygens (including phenoxy) is 1. The highest BCUT2D eigenvalue weighted by Crippen LogP contribution is 2.27. The van der Waals surface area contributed by atoms with Crippen LogP contribution >= 0.6 is 11.6 Å². The third-order valence-electron chi connectivity index (χ3n) is 5.85. The lowest BCUT2D eigenvalue weighted by Gasteiger charge is -2.37. The van der Waals surface area contributed by atoms with Crippen LogP contribution in [0.2, 0.25) is 5.02 Å². The second-order valence-electron chi connectivity index (χ2n) is 7.69. The van der Waals surface area contributed by atoms with E-state index in [1.54, 1.807) is 6.07 Å². The van der Waals surface area contributed by atoms with Crippen LogP contribution in [0.5, 0.6) is 0 Å². The number of halogens is 1. The van der Waals surface area contributed by atoms with Crippen LogP contribution in [0.1, 0.15) is 32.6 Å². The van der Waals surface area contributed by atoms with Crippen molar-refractivity contribution in [2.75, 3.05) is 37.7 Å². The second kappa shape index (κ2) is 8.57. The molecule has 9 heteroatoms. The number of carbonyl (C=O) groups excluding carboxylic acids is 2. The topological polar surface area (TPSA) is 80.0 Å². The van der Waals surface area contributed by atoms with E-state index in [1.807, 2.05) is 28.5 Å². The molecule has 2 saturated heterocycles. The van der Waals surface area contributed by atoms with Gasteiger partial charge in [-0.15, -0.1) is 10.2 Å². The van der Waals surface area contributed by atoms with Gasteiger partial charge in [0.25, 0.3) is 0 Å². The van der Waals surface area contributed by atoms with Gasteiger partial charge in [0.2, 0.25) is 11.9 Å². The van der Waals surface area contributed by atoms with Gasteiger partial charge in [-0.25, -0.2) is 0 Å². The van der Waals surface area contributed by atoms with Crippen LogP contribution in [0.3, 0.4) is 0 Å². The molecule has 2 aliphatic heterocycles. The fraction of sp³-hybridized carbons (Fsp3) is 0.600. The van der Waals surface area contributed by atoms with Crippen molar-refractivity contribution in [3.63, 3.8) is 0 Å². The number of fused-ring (bicyclic) bond motifs is 1. The van der Waals surface area contributed by atoms with Crippen LogP contribution in [0.25, 0.3) is 5.65 Å². The number of likely N-dealkylation sites (tertiary alicyclic amines) is 1. The van der Waals surface area contributed by atoms with Crippen molar-refractivity contribution in [3.05, 3.63) is 23.4 Å². The van der Waals surface area contributed by atoms with E-state index < -0.39 is 0 Å². The molecule has 2 fully saturated rings. The van der Waals surface area contributed by atoms with E-state index in [1.165, 1.54) is 0 Å². The van der Waals surface area contributed by atoms with E-state index in [9.17, 15) is 9.59 Å². The monoisotopic (exact) mass is 419 g/mol. The molecule has 4 rings (SSSR count). The number of hydrogen-bond donors (Lipinski definition) is 0. The smallest absolute Gasteiger partial charge is 0.309 e. The lowest BCUT2D eigenvalue weighted by atomic mass is 9.93. The summed E-state index contributed by atoms with van der Waals surface area (Å²) in [7, 11) is 0. The van der Waals surface area contributed by atoms with Crippen LogP contribution in [-0.2, 0) is 14.3 Å². The predicted octanol–water partition coefficient (Wildman–Crippen LogP) is 2.40. The molecule has 0 N–H and O–H groups in total. The highest BCUT2D eigenvalue weighted by atomic mass is 35.5. The van der Waals surface area contributed by atoms with E-state index in [-0.39, 0.29) is 23.7 Å². The number of nitrogens with zero attached hydrogens (tertiary/aromatic N) is 5. The summed E-state index contributed by atoms with van der Waals surface area (Å²) in [5, 5.41) is 9.06. The molecule has 1 amide bonds. The number of aromatic nitrogens is 3. The van der Waals surface area contributed by atoms with E-state index in [0.717, 1.165) is 25.3 Å². The van der Waals surface area contributed by atoms with Crippen molar-refractivity contribution < 1.29 is 14.3 Å². The summed E-state index contributed by atoms with van der Waals surface area (Å²) >= 11 is 6.21. The molecule has 0 aliphatic carbocycles. The molecular weight excluding hydrogens is 394 g/mol. The minimum Gasteiger partial charge on any atom is -0.466 e. The fourth-order valence-electron chi connectivity index (χ4n) is 4.30. The Morgan fingerprint density at radius 1 is 1.17 bits per heavy atom. The van der Waals surface area contributed by atoms with Gasteiger partial charge >= 0.3 is 5.97 Å². The number of anilines is 1. The summed E-state index contributed by atoms with van der Waals surface area (Å²) in [4.78, 5) is 29.1. The quantitative estimate of drug-likeness (QED) is 0.708. The molecule has 0 radical (unpaired) electrons. The van der Waals surface area contributed by atoms with Crippen molar-refractivity contribution in [2.24, 2.45) is 11.8 Å². The summed E-state index contributed by atoms with van der Waals surface area (Å²) in [6.45, 7) is 4.90. The fourth-order valence-corrected chi connectivity index (χ4v) is 4.50. The van der Waals surface area contributed by atoms with Crippen molar-refractivity contribution in [1.82, 2.24) is 19.5 Å².